The maximum absolute atomic E-state index is 12.9. The molecule has 3 N–H and O–H groups in total. The number of halogens is 1. The molecule has 10 nitrogen and oxygen atoms in total. The first-order valence-electron chi connectivity index (χ1n) is 9.67. The van der Waals surface area contributed by atoms with E-state index in [2.05, 4.69) is 16.0 Å². The Morgan fingerprint density at radius 1 is 1.12 bits per heavy atom. The molecule has 4 rings (SSSR count). The first-order chi connectivity index (χ1) is 15.3. The minimum atomic E-state index is -1.43. The highest BCUT2D eigenvalue weighted by Gasteiger charge is 2.50. The van der Waals surface area contributed by atoms with Crippen LogP contribution in [0.25, 0.3) is 0 Å². The van der Waals surface area contributed by atoms with Crippen molar-refractivity contribution in [2.24, 2.45) is 0 Å². The van der Waals surface area contributed by atoms with Gasteiger partial charge in [0.25, 0.3) is 5.91 Å². The number of carbonyl (C=O) groups is 4. The fourth-order valence-electron chi connectivity index (χ4n) is 3.48. The van der Waals surface area contributed by atoms with Gasteiger partial charge in [-0.25, -0.2) is 9.59 Å². The minimum absolute atomic E-state index is 0.300. The van der Waals surface area contributed by atoms with Gasteiger partial charge in [0.15, 0.2) is 11.5 Å². The van der Waals surface area contributed by atoms with Gasteiger partial charge in [-0.15, -0.1) is 0 Å². The molecule has 2 aromatic carbocycles. The molecule has 166 valence electrons. The molecule has 2 aliphatic heterocycles. The average molecular weight is 459 g/mol. The Hall–Kier alpha value is -3.79. The maximum atomic E-state index is 12.9. The summed E-state index contributed by atoms with van der Waals surface area (Å²) in [5.41, 5.74) is -0.650. The van der Waals surface area contributed by atoms with Crippen LogP contribution >= 0.6 is 11.6 Å². The van der Waals surface area contributed by atoms with Gasteiger partial charge < -0.3 is 20.1 Å². The van der Waals surface area contributed by atoms with Crippen molar-refractivity contribution in [3.8, 4) is 11.5 Å². The third kappa shape index (κ3) is 4.04. The summed E-state index contributed by atoms with van der Waals surface area (Å²) < 4.78 is 10.8. The zero-order chi connectivity index (χ0) is 22.9. The SMILES string of the molecule is C[C@@]1(c2ccccc2Cl)NC(=O)N(CC(=O)NC(=O)Nc2ccc3c(c2)OCCO3)C1=O. The molecule has 2 aliphatic rings. The third-order valence-electron chi connectivity index (χ3n) is 5.04. The predicted molar refractivity (Wildman–Crippen MR) is 114 cm³/mol. The van der Waals surface area contributed by atoms with Crippen LogP contribution in [-0.2, 0) is 15.1 Å². The Morgan fingerprint density at radius 3 is 2.59 bits per heavy atom. The molecule has 1 saturated heterocycles. The van der Waals surface area contributed by atoms with Crippen LogP contribution in [0.4, 0.5) is 15.3 Å². The van der Waals surface area contributed by atoms with Gasteiger partial charge in [0, 0.05) is 22.3 Å². The number of hydrogen-bond donors (Lipinski definition) is 3. The molecule has 0 spiro atoms. The lowest BCUT2D eigenvalue weighted by Crippen LogP contribution is -2.45. The number of imide groups is 2. The first-order valence-corrected chi connectivity index (χ1v) is 10.1. The summed E-state index contributed by atoms with van der Waals surface area (Å²) in [6.07, 6.45) is 0. The standard InChI is InChI=1S/C21H19ClN4O6/c1-21(13-4-2-3-5-14(13)22)18(28)26(20(30)25-21)11-17(27)24-19(29)23-12-6-7-15-16(10-12)32-9-8-31-15/h2-7,10H,8-9,11H2,1H3,(H,25,30)(H2,23,24,27,29)/t21-/m0/s1. The average Bonchev–Trinajstić information content (AvgIpc) is 2.97. The van der Waals surface area contributed by atoms with Crippen LogP contribution in [0.2, 0.25) is 5.02 Å². The molecule has 0 bridgehead atoms. The summed E-state index contributed by atoms with van der Waals surface area (Å²) >= 11 is 6.18. The van der Waals surface area contributed by atoms with E-state index < -0.39 is 36.0 Å². The molecule has 0 aromatic heterocycles. The molecule has 32 heavy (non-hydrogen) atoms. The smallest absolute Gasteiger partial charge is 0.325 e. The lowest BCUT2D eigenvalue weighted by Gasteiger charge is -2.23. The molecule has 0 radical (unpaired) electrons. The van der Waals surface area contributed by atoms with Crippen LogP contribution in [0, 0.1) is 0 Å². The number of urea groups is 2. The van der Waals surface area contributed by atoms with Gasteiger partial charge in [0.05, 0.1) is 0 Å². The van der Waals surface area contributed by atoms with Crippen LogP contribution in [0.1, 0.15) is 12.5 Å². The number of carbonyl (C=O) groups excluding carboxylic acids is 4. The van der Waals surface area contributed by atoms with Gasteiger partial charge >= 0.3 is 12.1 Å². The van der Waals surface area contributed by atoms with Crippen LogP contribution < -0.4 is 25.4 Å². The Balaban J connectivity index is 1.38. The van der Waals surface area contributed by atoms with E-state index in [1.165, 1.54) is 6.92 Å². The summed E-state index contributed by atoms with van der Waals surface area (Å²) in [6.45, 7) is 1.69. The van der Waals surface area contributed by atoms with Crippen molar-refractivity contribution in [2.45, 2.75) is 12.5 Å². The molecule has 1 atom stereocenters. The van der Waals surface area contributed by atoms with Crippen LogP contribution in [0.5, 0.6) is 11.5 Å². The highest BCUT2D eigenvalue weighted by atomic mass is 35.5. The molecular weight excluding hydrogens is 440 g/mol. The minimum Gasteiger partial charge on any atom is -0.486 e. The zero-order valence-electron chi connectivity index (χ0n) is 16.9. The van der Waals surface area contributed by atoms with Gasteiger partial charge in [-0.2, -0.15) is 0 Å². The van der Waals surface area contributed by atoms with E-state index in [0.29, 0.717) is 41.0 Å². The largest absolute Gasteiger partial charge is 0.486 e. The Kier molecular flexibility index (Phi) is 5.62. The predicted octanol–water partition coefficient (Wildman–Crippen LogP) is 2.23. The first kappa shape index (κ1) is 21.4. The topological polar surface area (TPSA) is 126 Å². The second-order valence-corrected chi connectivity index (χ2v) is 7.69. The molecule has 11 heteroatoms. The van der Waals surface area contributed by atoms with Gasteiger partial charge in [0.1, 0.15) is 25.3 Å². The molecule has 1 fully saturated rings. The van der Waals surface area contributed by atoms with Gasteiger partial charge in [-0.1, -0.05) is 29.8 Å². The number of nitrogens with zero attached hydrogens (tertiary/aromatic N) is 1. The Morgan fingerprint density at radius 2 is 1.84 bits per heavy atom. The third-order valence-corrected chi connectivity index (χ3v) is 5.37. The molecule has 2 aromatic rings. The molecule has 0 aliphatic carbocycles. The normalized spacial score (nSPS) is 19.4. The number of hydrogen-bond acceptors (Lipinski definition) is 6. The Bertz CT molecular complexity index is 1120. The summed E-state index contributed by atoms with van der Waals surface area (Å²) in [4.78, 5) is 50.5. The second-order valence-electron chi connectivity index (χ2n) is 7.29. The number of rotatable bonds is 4. The second kappa shape index (κ2) is 8.39. The van der Waals surface area contributed by atoms with Crippen LogP contribution in [-0.4, -0.2) is 48.5 Å². The van der Waals surface area contributed by atoms with E-state index in [4.69, 9.17) is 21.1 Å². The van der Waals surface area contributed by atoms with Crippen LogP contribution in [0.3, 0.4) is 0 Å². The van der Waals surface area contributed by atoms with Crippen molar-refractivity contribution in [3.63, 3.8) is 0 Å². The molecule has 0 saturated carbocycles. The molecule has 0 unspecified atom stereocenters. The van der Waals surface area contributed by atoms with E-state index in [9.17, 15) is 19.2 Å². The van der Waals surface area contributed by atoms with Crippen molar-refractivity contribution < 1.29 is 28.7 Å². The summed E-state index contributed by atoms with van der Waals surface area (Å²) in [7, 11) is 0. The van der Waals surface area contributed by atoms with Crippen molar-refractivity contribution >= 4 is 41.2 Å². The monoisotopic (exact) mass is 458 g/mol. The number of benzene rings is 2. The highest BCUT2D eigenvalue weighted by molar-refractivity contribution is 6.32. The number of ether oxygens (including phenoxy) is 2. The maximum Gasteiger partial charge on any atom is 0.325 e. The van der Waals surface area contributed by atoms with Gasteiger partial charge in [0.2, 0.25) is 5.91 Å². The van der Waals surface area contributed by atoms with Crippen molar-refractivity contribution in [2.75, 3.05) is 25.1 Å². The summed E-state index contributed by atoms with van der Waals surface area (Å²) in [6, 6.07) is 9.78. The van der Waals surface area contributed by atoms with Crippen molar-refractivity contribution in [1.82, 2.24) is 15.5 Å². The Labute approximate surface area is 187 Å². The zero-order valence-corrected chi connectivity index (χ0v) is 17.7. The van der Waals surface area contributed by atoms with E-state index in [1.807, 2.05) is 0 Å². The number of anilines is 1. The lowest BCUT2D eigenvalue weighted by atomic mass is 9.92. The molecule has 6 amide bonds. The quantitative estimate of drug-likeness (QED) is 0.603. The van der Waals surface area contributed by atoms with E-state index in [0.717, 1.165) is 4.90 Å². The fraction of sp³-hybridized carbons (Fsp3) is 0.238. The number of nitrogens with one attached hydrogen (secondary N) is 3. The van der Waals surface area contributed by atoms with E-state index in [1.54, 1.807) is 42.5 Å². The van der Waals surface area contributed by atoms with E-state index >= 15 is 0 Å². The van der Waals surface area contributed by atoms with E-state index in [-0.39, 0.29) is 0 Å². The summed E-state index contributed by atoms with van der Waals surface area (Å²) in [5, 5.41) is 7.45. The highest BCUT2D eigenvalue weighted by Crippen LogP contribution is 2.34. The number of fused-ring (bicyclic) bond motifs is 1. The van der Waals surface area contributed by atoms with Crippen LogP contribution in [0.15, 0.2) is 42.5 Å². The lowest BCUT2D eigenvalue weighted by molar-refractivity contribution is -0.134. The number of amides is 6. The van der Waals surface area contributed by atoms with Crippen molar-refractivity contribution in [3.05, 3.63) is 53.1 Å². The molecular formula is C21H19ClN4O6. The van der Waals surface area contributed by atoms with Gasteiger partial charge in [-0.3, -0.25) is 19.8 Å². The fourth-order valence-corrected chi connectivity index (χ4v) is 3.81. The summed E-state index contributed by atoms with van der Waals surface area (Å²) in [5.74, 6) is -0.470. The molecule has 2 heterocycles. The van der Waals surface area contributed by atoms with Gasteiger partial charge in [-0.05, 0) is 25.1 Å². The van der Waals surface area contributed by atoms with Crippen molar-refractivity contribution in [1.29, 1.82) is 0 Å².